The zero-order chi connectivity index (χ0) is 17.6. The third-order valence-corrected chi connectivity index (χ3v) is 5.54. The Morgan fingerprint density at radius 2 is 1.96 bits per heavy atom. The van der Waals surface area contributed by atoms with Gasteiger partial charge in [0.25, 0.3) is 0 Å². The number of carbonyl (C=O) groups excluding carboxylic acids is 1. The van der Waals surface area contributed by atoms with E-state index in [1.807, 2.05) is 24.3 Å². The Morgan fingerprint density at radius 3 is 2.72 bits per heavy atom. The van der Waals surface area contributed by atoms with Crippen LogP contribution in [-0.2, 0) is 4.79 Å². The summed E-state index contributed by atoms with van der Waals surface area (Å²) in [5, 5.41) is 1.22. The highest BCUT2D eigenvalue weighted by molar-refractivity contribution is 6.31. The second kappa shape index (κ2) is 6.52. The fourth-order valence-corrected chi connectivity index (χ4v) is 4.28. The molecule has 2 heterocycles. The number of hydrogen-bond acceptors (Lipinski definition) is 3. The minimum atomic E-state index is -0.249. The van der Waals surface area contributed by atoms with E-state index in [-0.39, 0.29) is 18.1 Å². The lowest BCUT2D eigenvalue weighted by molar-refractivity contribution is -0.119. The fraction of sp³-hybridized carbons (Fsp3) is 0.316. The van der Waals surface area contributed by atoms with Crippen molar-refractivity contribution in [1.82, 2.24) is 4.90 Å². The normalized spacial score (nSPS) is 23.2. The van der Waals surface area contributed by atoms with E-state index in [4.69, 9.17) is 27.9 Å². The topological polar surface area (TPSA) is 32.8 Å². The number of anilines is 1. The zero-order valence-corrected chi connectivity index (χ0v) is 15.3. The Labute approximate surface area is 156 Å². The monoisotopic (exact) mass is 376 g/mol. The van der Waals surface area contributed by atoms with Gasteiger partial charge in [-0.05, 0) is 37.1 Å². The molecule has 2 aromatic carbocycles. The van der Waals surface area contributed by atoms with E-state index in [2.05, 4.69) is 4.90 Å². The Hall–Kier alpha value is -1.75. The Morgan fingerprint density at radius 1 is 1.16 bits per heavy atom. The van der Waals surface area contributed by atoms with Crippen LogP contribution in [0.1, 0.15) is 24.6 Å². The summed E-state index contributed by atoms with van der Waals surface area (Å²) < 4.78 is 5.49. The van der Waals surface area contributed by atoms with Gasteiger partial charge in [-0.1, -0.05) is 41.4 Å². The number of methoxy groups -OCH3 is 1. The molecule has 6 heteroatoms. The number of amides is 1. The Bertz CT molecular complexity index is 827. The van der Waals surface area contributed by atoms with Gasteiger partial charge in [0.05, 0.1) is 18.8 Å². The van der Waals surface area contributed by atoms with Crippen LogP contribution < -0.4 is 9.64 Å². The van der Waals surface area contributed by atoms with Crippen LogP contribution in [0.3, 0.4) is 0 Å². The summed E-state index contributed by atoms with van der Waals surface area (Å²) in [6.07, 6.45) is 1.62. The van der Waals surface area contributed by atoms with Gasteiger partial charge >= 0.3 is 0 Å². The van der Waals surface area contributed by atoms with Crippen LogP contribution >= 0.6 is 23.2 Å². The summed E-state index contributed by atoms with van der Waals surface area (Å²) in [6.45, 7) is 0.867. The first-order valence-corrected chi connectivity index (χ1v) is 9.04. The van der Waals surface area contributed by atoms with Crippen molar-refractivity contribution in [2.45, 2.75) is 25.0 Å². The van der Waals surface area contributed by atoms with Gasteiger partial charge in [-0.15, -0.1) is 0 Å². The maximum atomic E-state index is 13.2. The van der Waals surface area contributed by atoms with E-state index in [1.165, 1.54) is 0 Å². The molecule has 0 bridgehead atoms. The maximum Gasteiger partial charge on any atom is 0.246 e. The average Bonchev–Trinajstić information content (AvgIpc) is 3.18. The first-order chi connectivity index (χ1) is 12.1. The Balaban J connectivity index is 1.89. The summed E-state index contributed by atoms with van der Waals surface area (Å²) in [7, 11) is 1.60. The molecule has 2 aliphatic heterocycles. The second-order valence-electron chi connectivity index (χ2n) is 6.32. The maximum absolute atomic E-state index is 13.2. The molecule has 2 saturated heterocycles. The highest BCUT2D eigenvalue weighted by Crippen LogP contribution is 2.47. The van der Waals surface area contributed by atoms with Crippen LogP contribution in [0.25, 0.3) is 0 Å². The molecule has 2 aromatic rings. The molecule has 1 amide bonds. The summed E-state index contributed by atoms with van der Waals surface area (Å²) in [4.78, 5) is 17.2. The summed E-state index contributed by atoms with van der Waals surface area (Å²) in [5.41, 5.74) is 1.60. The van der Waals surface area contributed by atoms with Crippen molar-refractivity contribution in [3.05, 3.63) is 58.1 Å². The zero-order valence-electron chi connectivity index (χ0n) is 13.8. The average molecular weight is 377 g/mol. The van der Waals surface area contributed by atoms with Crippen molar-refractivity contribution in [3.63, 3.8) is 0 Å². The van der Waals surface area contributed by atoms with Crippen LogP contribution in [0, 0.1) is 0 Å². The van der Waals surface area contributed by atoms with Gasteiger partial charge in [-0.3, -0.25) is 14.6 Å². The second-order valence-corrected chi connectivity index (χ2v) is 7.16. The van der Waals surface area contributed by atoms with Gasteiger partial charge in [0.1, 0.15) is 11.9 Å². The molecule has 0 aromatic heterocycles. The molecule has 0 saturated carbocycles. The highest BCUT2D eigenvalue weighted by Gasteiger charge is 2.50. The molecule has 2 aliphatic rings. The number of ether oxygens (including phenoxy) is 1. The number of halogens is 2. The number of hydrogen-bond donors (Lipinski definition) is 0. The van der Waals surface area contributed by atoms with E-state index in [0.29, 0.717) is 21.5 Å². The van der Waals surface area contributed by atoms with Crippen LogP contribution in [0.4, 0.5) is 5.69 Å². The first-order valence-electron chi connectivity index (χ1n) is 8.28. The quantitative estimate of drug-likeness (QED) is 0.789. The fourth-order valence-electron chi connectivity index (χ4n) is 3.88. The molecule has 2 atom stereocenters. The van der Waals surface area contributed by atoms with Crippen molar-refractivity contribution in [3.8, 4) is 5.75 Å². The summed E-state index contributed by atoms with van der Waals surface area (Å²) in [5.74, 6) is 0.693. The molecule has 4 rings (SSSR count). The van der Waals surface area contributed by atoms with Gasteiger partial charge < -0.3 is 4.74 Å². The highest BCUT2D eigenvalue weighted by atomic mass is 35.5. The lowest BCUT2D eigenvalue weighted by Crippen LogP contribution is -2.32. The van der Waals surface area contributed by atoms with E-state index in [9.17, 15) is 4.79 Å². The van der Waals surface area contributed by atoms with Gasteiger partial charge in [-0.2, -0.15) is 0 Å². The Kier molecular flexibility index (Phi) is 4.36. The van der Waals surface area contributed by atoms with E-state index in [0.717, 1.165) is 24.9 Å². The predicted octanol–water partition coefficient (Wildman–Crippen LogP) is 4.51. The standard InChI is InChI=1S/C19H18Cl2N2O2/c1-25-17-9-8-12(20)11-16(17)23-18(13-5-2-3-6-14(13)21)22-10-4-7-15(22)19(23)24/h2-3,5-6,8-9,11,15,18H,4,7,10H2,1H3. The van der Waals surface area contributed by atoms with Crippen molar-refractivity contribution >= 4 is 34.8 Å². The summed E-state index contributed by atoms with van der Waals surface area (Å²) >= 11 is 12.7. The molecule has 0 radical (unpaired) electrons. The molecule has 0 aliphatic carbocycles. The van der Waals surface area contributed by atoms with Crippen LogP contribution in [0.2, 0.25) is 10.0 Å². The molecule has 2 fully saturated rings. The number of benzene rings is 2. The minimum absolute atomic E-state index is 0.0722. The van der Waals surface area contributed by atoms with Crippen LogP contribution in [-0.4, -0.2) is 30.5 Å². The molecule has 4 nitrogen and oxygen atoms in total. The molecule has 0 spiro atoms. The smallest absolute Gasteiger partial charge is 0.246 e. The third kappa shape index (κ3) is 2.69. The van der Waals surface area contributed by atoms with Crippen molar-refractivity contribution in [1.29, 1.82) is 0 Å². The van der Waals surface area contributed by atoms with Crippen molar-refractivity contribution in [2.24, 2.45) is 0 Å². The molecule has 25 heavy (non-hydrogen) atoms. The van der Waals surface area contributed by atoms with E-state index >= 15 is 0 Å². The SMILES string of the molecule is COc1ccc(Cl)cc1N1C(=O)C2CCCN2C1c1ccccc1Cl. The summed E-state index contributed by atoms with van der Waals surface area (Å²) in [6, 6.07) is 12.9. The first kappa shape index (κ1) is 16.7. The minimum Gasteiger partial charge on any atom is -0.495 e. The molecule has 130 valence electrons. The van der Waals surface area contributed by atoms with E-state index in [1.54, 1.807) is 30.2 Å². The number of fused-ring (bicyclic) bond motifs is 1. The third-order valence-electron chi connectivity index (χ3n) is 4.96. The van der Waals surface area contributed by atoms with Crippen LogP contribution in [0.15, 0.2) is 42.5 Å². The van der Waals surface area contributed by atoms with Crippen molar-refractivity contribution in [2.75, 3.05) is 18.6 Å². The molecule has 2 unspecified atom stereocenters. The number of carbonyl (C=O) groups is 1. The lowest BCUT2D eigenvalue weighted by atomic mass is 10.1. The lowest BCUT2D eigenvalue weighted by Gasteiger charge is -2.31. The predicted molar refractivity (Wildman–Crippen MR) is 99.4 cm³/mol. The molecule has 0 N–H and O–H groups in total. The number of nitrogens with zero attached hydrogens (tertiary/aromatic N) is 2. The van der Waals surface area contributed by atoms with Crippen molar-refractivity contribution < 1.29 is 9.53 Å². The van der Waals surface area contributed by atoms with E-state index < -0.39 is 0 Å². The van der Waals surface area contributed by atoms with Gasteiger partial charge in [0, 0.05) is 22.2 Å². The molecular weight excluding hydrogens is 359 g/mol. The number of rotatable bonds is 3. The van der Waals surface area contributed by atoms with Gasteiger partial charge in [-0.25, -0.2) is 0 Å². The largest absolute Gasteiger partial charge is 0.495 e. The van der Waals surface area contributed by atoms with Crippen LogP contribution in [0.5, 0.6) is 5.75 Å². The molecular formula is C19H18Cl2N2O2. The van der Waals surface area contributed by atoms with Gasteiger partial charge in [0.15, 0.2) is 0 Å². The van der Waals surface area contributed by atoms with Gasteiger partial charge in [0.2, 0.25) is 5.91 Å².